The molecule has 0 aromatic carbocycles. The highest BCUT2D eigenvalue weighted by molar-refractivity contribution is 5.34. The van der Waals surface area contributed by atoms with Crippen LogP contribution in [0, 0.1) is 5.92 Å². The zero-order valence-corrected chi connectivity index (χ0v) is 18.9. The van der Waals surface area contributed by atoms with E-state index in [1.54, 1.807) is 0 Å². The summed E-state index contributed by atoms with van der Waals surface area (Å²) < 4.78 is 27.9. The van der Waals surface area contributed by atoms with Crippen LogP contribution in [0.2, 0.25) is 0 Å². The first-order valence-electron chi connectivity index (χ1n) is 11.4. The van der Waals surface area contributed by atoms with Crippen molar-refractivity contribution in [2.24, 2.45) is 5.92 Å². The Morgan fingerprint density at radius 3 is 1.83 bits per heavy atom. The van der Waals surface area contributed by atoms with Crippen molar-refractivity contribution >= 4 is 0 Å². The molecule has 0 spiro atoms. The van der Waals surface area contributed by atoms with Crippen molar-refractivity contribution < 1.29 is 74.7 Å². The van der Waals surface area contributed by atoms with Crippen LogP contribution in [-0.4, -0.2) is 150 Å². The van der Waals surface area contributed by atoms with Gasteiger partial charge in [-0.05, 0) is 11.6 Å². The second-order valence-corrected chi connectivity index (χ2v) is 9.13. The second-order valence-electron chi connectivity index (χ2n) is 9.13. The number of aliphatic hydroxyl groups is 10. The number of rotatable bonds is 7. The Hall–Kier alpha value is -1.28. The summed E-state index contributed by atoms with van der Waals surface area (Å²) in [4.78, 5) is 0. The van der Waals surface area contributed by atoms with Crippen molar-refractivity contribution in [2.45, 2.75) is 79.4 Å². The first-order chi connectivity index (χ1) is 17.1. The molecule has 0 aromatic rings. The van der Waals surface area contributed by atoms with Gasteiger partial charge in [-0.3, -0.25) is 0 Å². The summed E-state index contributed by atoms with van der Waals surface area (Å²) in [6, 6.07) is 0. The zero-order valence-electron chi connectivity index (χ0n) is 18.9. The number of hydrogen-bond acceptors (Lipinski definition) is 15. The van der Waals surface area contributed by atoms with E-state index in [1.807, 2.05) is 0 Å². The third kappa shape index (κ3) is 4.59. The van der Waals surface area contributed by atoms with E-state index in [4.69, 9.17) is 23.7 Å². The van der Waals surface area contributed by atoms with Gasteiger partial charge < -0.3 is 74.7 Å². The Bertz CT molecular complexity index is 819. The van der Waals surface area contributed by atoms with Gasteiger partial charge in [-0.2, -0.15) is 0 Å². The van der Waals surface area contributed by atoms with E-state index >= 15 is 0 Å². The maximum Gasteiger partial charge on any atom is 0.211 e. The molecule has 0 aromatic heterocycles. The average Bonchev–Trinajstić information content (AvgIpc) is 3.16. The molecule has 0 unspecified atom stereocenters. The third-order valence-electron chi connectivity index (χ3n) is 7.00. The van der Waals surface area contributed by atoms with Gasteiger partial charge in [0.15, 0.2) is 12.6 Å². The topological polar surface area (TPSA) is 248 Å². The van der Waals surface area contributed by atoms with Crippen molar-refractivity contribution in [3.05, 3.63) is 24.0 Å². The molecule has 206 valence electrons. The van der Waals surface area contributed by atoms with Crippen molar-refractivity contribution in [3.8, 4) is 0 Å². The Kier molecular flexibility index (Phi) is 8.35. The fraction of sp³-hybridized carbons (Fsp3) is 0.810. The summed E-state index contributed by atoms with van der Waals surface area (Å²) >= 11 is 0. The van der Waals surface area contributed by atoms with Crippen molar-refractivity contribution in [1.82, 2.24) is 0 Å². The minimum atomic E-state index is -1.83. The first-order valence-corrected chi connectivity index (χ1v) is 11.4. The molecule has 2 saturated heterocycles. The summed E-state index contributed by atoms with van der Waals surface area (Å²) in [6.07, 6.45) is -15.6. The van der Waals surface area contributed by atoms with Crippen LogP contribution >= 0.6 is 0 Å². The molecule has 0 radical (unpaired) electrons. The van der Waals surface area contributed by atoms with Crippen LogP contribution in [0.3, 0.4) is 0 Å². The monoisotopic (exact) mass is 524 g/mol. The van der Waals surface area contributed by atoms with E-state index in [1.165, 1.54) is 12.2 Å². The summed E-state index contributed by atoms with van der Waals surface area (Å²) in [5.41, 5.74) is -1.67. The summed E-state index contributed by atoms with van der Waals surface area (Å²) in [5.74, 6) is -1.16. The predicted molar refractivity (Wildman–Crippen MR) is 111 cm³/mol. The lowest BCUT2D eigenvalue weighted by molar-refractivity contribution is -0.362. The normalized spacial score (nSPS) is 50.9. The third-order valence-corrected chi connectivity index (χ3v) is 7.00. The Morgan fingerprint density at radius 2 is 1.28 bits per heavy atom. The van der Waals surface area contributed by atoms with Gasteiger partial charge in [0.2, 0.25) is 6.29 Å². The molecule has 0 amide bonds. The predicted octanol–water partition coefficient (Wildman–Crippen LogP) is -5.86. The largest absolute Gasteiger partial charge is 0.472 e. The fourth-order valence-electron chi connectivity index (χ4n) is 4.92. The Balaban J connectivity index is 1.60. The number of aliphatic hydroxyl groups excluding tert-OH is 10. The van der Waals surface area contributed by atoms with Gasteiger partial charge in [-0.1, -0.05) is 6.08 Å². The van der Waals surface area contributed by atoms with Gasteiger partial charge in [-0.25, -0.2) is 0 Å². The second kappa shape index (κ2) is 10.8. The minimum absolute atomic E-state index is 0.158. The number of ether oxygens (including phenoxy) is 5. The van der Waals surface area contributed by atoms with Crippen LogP contribution in [0.25, 0.3) is 0 Å². The van der Waals surface area contributed by atoms with Crippen LogP contribution in [0.1, 0.15) is 0 Å². The highest BCUT2D eigenvalue weighted by atomic mass is 16.8. The average molecular weight is 524 g/mol. The number of hydrogen-bond donors (Lipinski definition) is 10. The standard InChI is InChI=1S/C21H32O15/c22-4-7-3-10(25)21(36-20-17(31)15(29)13(27)9(6-24)34-20)1-2-32-18(11(7)21)35-19-16(30)14(28)12(26)8(5-23)33-19/h1-3,8-20,22-31H,4-6H2/t8-,9+,10+,11+,12+,13+,14+,15-,16+,17+,18-,19+,20-,21+/m1/s1. The highest BCUT2D eigenvalue weighted by Crippen LogP contribution is 2.47. The fourth-order valence-corrected chi connectivity index (χ4v) is 4.92. The lowest BCUT2D eigenvalue weighted by Crippen LogP contribution is -2.64. The molecule has 0 saturated carbocycles. The van der Waals surface area contributed by atoms with E-state index < -0.39 is 105 Å². The molecule has 15 nitrogen and oxygen atoms in total. The molecule has 2 fully saturated rings. The van der Waals surface area contributed by atoms with E-state index in [2.05, 4.69) is 0 Å². The molecule has 4 aliphatic rings. The molecule has 1 aliphatic carbocycles. The van der Waals surface area contributed by atoms with Crippen LogP contribution in [0.5, 0.6) is 0 Å². The maximum atomic E-state index is 10.9. The van der Waals surface area contributed by atoms with Crippen molar-refractivity contribution in [3.63, 3.8) is 0 Å². The van der Waals surface area contributed by atoms with Gasteiger partial charge in [0, 0.05) is 0 Å². The van der Waals surface area contributed by atoms with E-state index in [0.717, 1.165) is 6.26 Å². The number of fused-ring (bicyclic) bond motifs is 1. The van der Waals surface area contributed by atoms with Crippen LogP contribution in [0.4, 0.5) is 0 Å². The van der Waals surface area contributed by atoms with Gasteiger partial charge in [0.05, 0.1) is 32.0 Å². The molecular weight excluding hydrogens is 492 g/mol. The molecule has 0 bridgehead atoms. The van der Waals surface area contributed by atoms with Crippen molar-refractivity contribution in [1.29, 1.82) is 0 Å². The smallest absolute Gasteiger partial charge is 0.211 e. The molecule has 15 heteroatoms. The van der Waals surface area contributed by atoms with Crippen LogP contribution in [-0.2, 0) is 23.7 Å². The van der Waals surface area contributed by atoms with Crippen LogP contribution in [0.15, 0.2) is 24.0 Å². The minimum Gasteiger partial charge on any atom is -0.472 e. The first kappa shape index (κ1) is 27.7. The van der Waals surface area contributed by atoms with E-state index in [9.17, 15) is 51.1 Å². The summed E-state index contributed by atoms with van der Waals surface area (Å²) in [6.45, 7) is -2.02. The summed E-state index contributed by atoms with van der Waals surface area (Å²) in [5, 5.41) is 101. The Labute approximate surface area is 204 Å². The molecule has 10 N–H and O–H groups in total. The molecule has 3 aliphatic heterocycles. The Morgan fingerprint density at radius 1 is 0.722 bits per heavy atom. The van der Waals surface area contributed by atoms with E-state index in [0.29, 0.717) is 0 Å². The highest BCUT2D eigenvalue weighted by Gasteiger charge is 2.60. The van der Waals surface area contributed by atoms with Gasteiger partial charge >= 0.3 is 0 Å². The molecule has 14 atom stereocenters. The lowest BCUT2D eigenvalue weighted by Gasteiger charge is -2.48. The zero-order chi connectivity index (χ0) is 26.4. The molecular formula is C21H32O15. The molecule has 36 heavy (non-hydrogen) atoms. The van der Waals surface area contributed by atoms with Crippen LogP contribution < -0.4 is 0 Å². The van der Waals surface area contributed by atoms with Gasteiger partial charge in [-0.15, -0.1) is 0 Å². The van der Waals surface area contributed by atoms with Gasteiger partial charge in [0.25, 0.3) is 0 Å². The van der Waals surface area contributed by atoms with Crippen molar-refractivity contribution in [2.75, 3.05) is 19.8 Å². The SMILES string of the molecule is OCC1=C[C@H](O)[C@@]2(O[C@H]3O[C@@H](CO)[C@H](O)[C@@H](O)[C@@H]3O)C=CO[C@H](O[C@@H]3O[C@H](CO)[C@H](O)[C@H](O)[C@@H]3O)[C@H]12. The summed E-state index contributed by atoms with van der Waals surface area (Å²) in [7, 11) is 0. The lowest BCUT2D eigenvalue weighted by atomic mass is 9.82. The van der Waals surface area contributed by atoms with E-state index in [-0.39, 0.29) is 5.57 Å². The molecule has 4 rings (SSSR count). The van der Waals surface area contributed by atoms with Gasteiger partial charge in [0.1, 0.15) is 60.5 Å². The molecule has 3 heterocycles. The quantitative estimate of drug-likeness (QED) is 0.139. The maximum absolute atomic E-state index is 10.9.